The number of aryl methyl sites for hydroxylation is 1. The first-order chi connectivity index (χ1) is 12.5. The van der Waals surface area contributed by atoms with Gasteiger partial charge in [-0.3, -0.25) is 9.59 Å². The molecule has 0 unspecified atom stereocenters. The quantitative estimate of drug-likeness (QED) is 0.361. The van der Waals surface area contributed by atoms with Crippen LogP contribution in [0.25, 0.3) is 0 Å². The maximum atomic E-state index is 12.3. The number of ether oxygens (including phenoxy) is 2. The summed E-state index contributed by atoms with van der Waals surface area (Å²) in [6.07, 6.45) is 3.90. The molecular weight excluding hydrogens is 330 g/mol. The number of hydrogen-bond donors (Lipinski definition) is 0. The number of rotatable bonds is 10. The molecular formula is C21H31NO4. The summed E-state index contributed by atoms with van der Waals surface area (Å²) in [4.78, 5) is 26.2. The Morgan fingerprint density at radius 2 is 2.08 bits per heavy atom. The predicted molar refractivity (Wildman–Crippen MR) is 102 cm³/mol. The average molecular weight is 361 g/mol. The summed E-state index contributed by atoms with van der Waals surface area (Å²) in [5.41, 5.74) is 1.53. The first kappa shape index (κ1) is 20.4. The van der Waals surface area contributed by atoms with Gasteiger partial charge in [0.1, 0.15) is 5.75 Å². The van der Waals surface area contributed by atoms with Gasteiger partial charge in [0, 0.05) is 24.6 Å². The van der Waals surface area contributed by atoms with Gasteiger partial charge in [0.2, 0.25) is 0 Å². The van der Waals surface area contributed by atoms with Gasteiger partial charge in [-0.25, -0.2) is 0 Å². The van der Waals surface area contributed by atoms with E-state index >= 15 is 0 Å². The van der Waals surface area contributed by atoms with E-state index in [0.29, 0.717) is 24.8 Å². The highest BCUT2D eigenvalue weighted by Crippen LogP contribution is 2.20. The molecule has 1 heterocycles. The molecule has 0 radical (unpaired) electrons. The van der Waals surface area contributed by atoms with Crippen LogP contribution in [0.5, 0.6) is 5.75 Å². The molecule has 1 aliphatic heterocycles. The van der Waals surface area contributed by atoms with Crippen LogP contribution in [0.15, 0.2) is 18.2 Å². The van der Waals surface area contributed by atoms with E-state index in [1.54, 1.807) is 13.0 Å². The summed E-state index contributed by atoms with van der Waals surface area (Å²) in [6.45, 7) is 9.24. The fourth-order valence-corrected chi connectivity index (χ4v) is 3.40. The molecule has 1 fully saturated rings. The highest BCUT2D eigenvalue weighted by molar-refractivity contribution is 5.98. The standard InChI is InChI=1S/C21H31NO4/c1-4-25-21(24)11-10-20(23)19-9-8-18(15-16(19)2)26-14-6-13-22-12-5-7-17(22)3/h8-9,15,17H,4-7,10-14H2,1-3H3/t17-/m1/s1. The Bertz CT molecular complexity index is 614. The molecule has 0 amide bonds. The number of carbonyl (C=O) groups is 2. The van der Waals surface area contributed by atoms with Gasteiger partial charge < -0.3 is 14.4 Å². The summed E-state index contributed by atoms with van der Waals surface area (Å²) in [5, 5.41) is 0. The van der Waals surface area contributed by atoms with Gasteiger partial charge in [-0.1, -0.05) is 0 Å². The van der Waals surface area contributed by atoms with Crippen LogP contribution >= 0.6 is 0 Å². The molecule has 26 heavy (non-hydrogen) atoms. The molecule has 0 saturated carbocycles. The van der Waals surface area contributed by atoms with Crippen LogP contribution in [-0.2, 0) is 9.53 Å². The van der Waals surface area contributed by atoms with Crippen molar-refractivity contribution in [2.24, 2.45) is 0 Å². The second-order valence-electron chi connectivity index (χ2n) is 6.93. The Labute approximate surface area is 156 Å². The number of nitrogens with zero attached hydrogens (tertiary/aromatic N) is 1. The van der Waals surface area contributed by atoms with Gasteiger partial charge in [0.15, 0.2) is 5.78 Å². The van der Waals surface area contributed by atoms with Crippen molar-refractivity contribution >= 4 is 11.8 Å². The maximum absolute atomic E-state index is 12.3. The van der Waals surface area contributed by atoms with Gasteiger partial charge in [-0.05, 0) is 70.3 Å². The van der Waals surface area contributed by atoms with Gasteiger partial charge >= 0.3 is 5.97 Å². The largest absolute Gasteiger partial charge is 0.494 e. The number of Topliss-reactive ketones (excluding diaryl/α,β-unsaturated/α-hetero) is 1. The van der Waals surface area contributed by atoms with Gasteiger partial charge in [-0.15, -0.1) is 0 Å². The third-order valence-corrected chi connectivity index (χ3v) is 4.91. The molecule has 0 N–H and O–H groups in total. The average Bonchev–Trinajstić information content (AvgIpc) is 3.02. The SMILES string of the molecule is CCOC(=O)CCC(=O)c1ccc(OCCCN2CCC[C@H]2C)cc1C. The minimum atomic E-state index is -0.328. The Morgan fingerprint density at radius 3 is 2.73 bits per heavy atom. The third-order valence-electron chi connectivity index (χ3n) is 4.91. The smallest absolute Gasteiger partial charge is 0.306 e. The number of benzene rings is 1. The second kappa shape index (κ2) is 10.3. The molecule has 1 atom stereocenters. The molecule has 144 valence electrons. The van der Waals surface area contributed by atoms with Crippen molar-refractivity contribution in [1.29, 1.82) is 0 Å². The third kappa shape index (κ3) is 6.13. The number of esters is 1. The summed E-state index contributed by atoms with van der Waals surface area (Å²) in [5.74, 6) is 0.426. The Balaban J connectivity index is 1.77. The van der Waals surface area contributed by atoms with Crippen molar-refractivity contribution in [3.05, 3.63) is 29.3 Å². The van der Waals surface area contributed by atoms with Crippen LogP contribution in [0.4, 0.5) is 0 Å². The molecule has 1 saturated heterocycles. The summed E-state index contributed by atoms with van der Waals surface area (Å²) in [6, 6.07) is 6.22. The zero-order valence-corrected chi connectivity index (χ0v) is 16.3. The molecule has 5 heteroatoms. The van der Waals surface area contributed by atoms with E-state index in [1.165, 1.54) is 19.4 Å². The van der Waals surface area contributed by atoms with Crippen molar-refractivity contribution in [3.63, 3.8) is 0 Å². The maximum Gasteiger partial charge on any atom is 0.306 e. The molecule has 1 aliphatic rings. The number of carbonyl (C=O) groups excluding carboxylic acids is 2. The van der Waals surface area contributed by atoms with Gasteiger partial charge in [0.25, 0.3) is 0 Å². The van der Waals surface area contributed by atoms with Crippen molar-refractivity contribution in [2.75, 3.05) is 26.3 Å². The lowest BCUT2D eigenvalue weighted by atomic mass is 10.0. The zero-order chi connectivity index (χ0) is 18.9. The molecule has 0 bridgehead atoms. The highest BCUT2D eigenvalue weighted by Gasteiger charge is 2.19. The van der Waals surface area contributed by atoms with E-state index in [9.17, 15) is 9.59 Å². The van der Waals surface area contributed by atoms with Crippen molar-refractivity contribution in [3.8, 4) is 5.75 Å². The highest BCUT2D eigenvalue weighted by atomic mass is 16.5. The van der Waals surface area contributed by atoms with Crippen LogP contribution in [0.1, 0.15) is 61.9 Å². The minimum absolute atomic E-state index is 0.0369. The van der Waals surface area contributed by atoms with E-state index < -0.39 is 0 Å². The molecule has 0 spiro atoms. The van der Waals surface area contributed by atoms with Crippen LogP contribution in [0.2, 0.25) is 0 Å². The van der Waals surface area contributed by atoms with E-state index in [2.05, 4.69) is 11.8 Å². The fourth-order valence-electron chi connectivity index (χ4n) is 3.40. The minimum Gasteiger partial charge on any atom is -0.494 e. The van der Waals surface area contributed by atoms with E-state index in [0.717, 1.165) is 24.3 Å². The van der Waals surface area contributed by atoms with E-state index in [1.807, 2.05) is 19.1 Å². The van der Waals surface area contributed by atoms with Crippen LogP contribution < -0.4 is 4.74 Å². The van der Waals surface area contributed by atoms with Gasteiger partial charge in [-0.2, -0.15) is 0 Å². The second-order valence-corrected chi connectivity index (χ2v) is 6.93. The lowest BCUT2D eigenvalue weighted by Gasteiger charge is -2.20. The Hall–Kier alpha value is -1.88. The Kier molecular flexibility index (Phi) is 8.10. The number of hydrogen-bond acceptors (Lipinski definition) is 5. The van der Waals surface area contributed by atoms with Crippen LogP contribution in [0, 0.1) is 6.92 Å². The fraction of sp³-hybridized carbons (Fsp3) is 0.619. The zero-order valence-electron chi connectivity index (χ0n) is 16.3. The molecule has 0 aromatic heterocycles. The summed E-state index contributed by atoms with van der Waals surface area (Å²) in [7, 11) is 0. The number of ketones is 1. The summed E-state index contributed by atoms with van der Waals surface area (Å²) >= 11 is 0. The molecule has 0 aliphatic carbocycles. The van der Waals surface area contributed by atoms with Crippen molar-refractivity contribution in [2.45, 2.75) is 58.9 Å². The monoisotopic (exact) mass is 361 g/mol. The van der Waals surface area contributed by atoms with Crippen molar-refractivity contribution < 1.29 is 19.1 Å². The molecule has 1 aromatic carbocycles. The van der Waals surface area contributed by atoms with Crippen LogP contribution in [-0.4, -0.2) is 49.0 Å². The molecule has 5 nitrogen and oxygen atoms in total. The lowest BCUT2D eigenvalue weighted by molar-refractivity contribution is -0.143. The normalized spacial score (nSPS) is 17.3. The van der Waals surface area contributed by atoms with E-state index in [-0.39, 0.29) is 24.6 Å². The first-order valence-electron chi connectivity index (χ1n) is 9.67. The summed E-state index contributed by atoms with van der Waals surface area (Å²) < 4.78 is 10.7. The molecule has 1 aromatic rings. The molecule has 2 rings (SSSR count). The lowest BCUT2D eigenvalue weighted by Crippen LogP contribution is -2.28. The topological polar surface area (TPSA) is 55.8 Å². The predicted octanol–water partition coefficient (Wildman–Crippen LogP) is 3.77. The van der Waals surface area contributed by atoms with Crippen molar-refractivity contribution in [1.82, 2.24) is 4.90 Å². The number of likely N-dealkylation sites (tertiary alicyclic amines) is 1. The van der Waals surface area contributed by atoms with E-state index in [4.69, 9.17) is 9.47 Å². The Morgan fingerprint density at radius 1 is 1.27 bits per heavy atom. The first-order valence-corrected chi connectivity index (χ1v) is 9.67. The van der Waals surface area contributed by atoms with Gasteiger partial charge in [0.05, 0.1) is 19.6 Å². The van der Waals surface area contributed by atoms with Crippen LogP contribution in [0.3, 0.4) is 0 Å².